The molecule has 2 rings (SSSR count). The van der Waals surface area contributed by atoms with Gasteiger partial charge in [0.05, 0.1) is 10.6 Å². The molecular weight excluding hydrogens is 278 g/mol. The number of carboxylic acids is 1. The maximum atomic E-state index is 11.0. The average molecular weight is 288 g/mol. The number of aromatic carboxylic acids is 1. The van der Waals surface area contributed by atoms with Crippen molar-refractivity contribution in [3.05, 3.63) is 58.1 Å². The van der Waals surface area contributed by atoms with E-state index in [2.05, 4.69) is 0 Å². The van der Waals surface area contributed by atoms with Crippen LogP contribution in [0.2, 0.25) is 5.02 Å². The number of hydrogen-bond donors (Lipinski definition) is 1. The second-order valence-electron chi connectivity index (χ2n) is 4.11. The van der Waals surface area contributed by atoms with Gasteiger partial charge in [0.25, 0.3) is 0 Å². The number of halogens is 1. The van der Waals surface area contributed by atoms with Crippen LogP contribution < -0.4 is 4.74 Å². The van der Waals surface area contributed by atoms with Gasteiger partial charge in [0.2, 0.25) is 0 Å². The van der Waals surface area contributed by atoms with Crippen LogP contribution in [-0.2, 0) is 0 Å². The minimum atomic E-state index is -1.04. The standard InChI is InChI=1S/C15H10ClNO3/c1-9-5-6-10(15(18)19)7-14(9)20-13-4-2-3-12(16)11(13)8-17/h2-7H,1H3,(H,18,19). The highest BCUT2D eigenvalue weighted by Crippen LogP contribution is 2.31. The topological polar surface area (TPSA) is 70.3 Å². The number of nitriles is 1. The van der Waals surface area contributed by atoms with Crippen LogP contribution in [-0.4, -0.2) is 11.1 Å². The number of carboxylic acid groups (broad SMARTS) is 1. The summed E-state index contributed by atoms with van der Waals surface area (Å²) in [6.45, 7) is 1.79. The summed E-state index contributed by atoms with van der Waals surface area (Å²) in [7, 11) is 0. The van der Waals surface area contributed by atoms with Crippen molar-refractivity contribution in [1.29, 1.82) is 5.26 Å². The smallest absolute Gasteiger partial charge is 0.335 e. The molecule has 4 nitrogen and oxygen atoms in total. The Balaban J connectivity index is 2.45. The number of hydrogen-bond acceptors (Lipinski definition) is 3. The van der Waals surface area contributed by atoms with E-state index < -0.39 is 5.97 Å². The fourth-order valence-corrected chi connectivity index (χ4v) is 1.87. The maximum Gasteiger partial charge on any atom is 0.335 e. The van der Waals surface area contributed by atoms with E-state index in [1.165, 1.54) is 12.1 Å². The van der Waals surface area contributed by atoms with Crippen LogP contribution in [0.3, 0.4) is 0 Å². The van der Waals surface area contributed by atoms with Crippen molar-refractivity contribution < 1.29 is 14.6 Å². The van der Waals surface area contributed by atoms with Crippen LogP contribution in [0.25, 0.3) is 0 Å². The highest BCUT2D eigenvalue weighted by molar-refractivity contribution is 6.31. The Hall–Kier alpha value is -2.51. The van der Waals surface area contributed by atoms with Gasteiger partial charge in [-0.05, 0) is 36.8 Å². The summed E-state index contributed by atoms with van der Waals surface area (Å²) in [6.07, 6.45) is 0. The highest BCUT2D eigenvalue weighted by Gasteiger charge is 2.12. The van der Waals surface area contributed by atoms with Crippen molar-refractivity contribution in [2.24, 2.45) is 0 Å². The monoisotopic (exact) mass is 287 g/mol. The van der Waals surface area contributed by atoms with Crippen molar-refractivity contribution in [3.8, 4) is 17.6 Å². The minimum Gasteiger partial charge on any atom is -0.478 e. The lowest BCUT2D eigenvalue weighted by Gasteiger charge is -2.11. The lowest BCUT2D eigenvalue weighted by molar-refractivity contribution is 0.0696. The molecule has 1 N–H and O–H groups in total. The molecule has 0 aliphatic heterocycles. The van der Waals surface area contributed by atoms with Crippen molar-refractivity contribution in [1.82, 2.24) is 0 Å². The molecule has 0 aromatic heterocycles. The van der Waals surface area contributed by atoms with Gasteiger partial charge in [0, 0.05) is 0 Å². The summed E-state index contributed by atoms with van der Waals surface area (Å²) < 4.78 is 5.63. The SMILES string of the molecule is Cc1ccc(C(=O)O)cc1Oc1cccc(Cl)c1C#N. The number of rotatable bonds is 3. The first-order valence-corrected chi connectivity index (χ1v) is 6.11. The van der Waals surface area contributed by atoms with Crippen molar-refractivity contribution >= 4 is 17.6 Å². The first-order valence-electron chi connectivity index (χ1n) is 5.73. The quantitative estimate of drug-likeness (QED) is 0.926. The third-order valence-corrected chi connectivity index (χ3v) is 3.06. The molecular formula is C15H10ClNO3. The number of nitrogens with zero attached hydrogens (tertiary/aromatic N) is 1. The lowest BCUT2D eigenvalue weighted by atomic mass is 10.1. The Labute approximate surface area is 120 Å². The molecule has 5 heteroatoms. The molecule has 0 fully saturated rings. The summed E-state index contributed by atoms with van der Waals surface area (Å²) in [5.41, 5.74) is 1.10. The van der Waals surface area contributed by atoms with Crippen molar-refractivity contribution in [2.75, 3.05) is 0 Å². The van der Waals surface area contributed by atoms with Crippen molar-refractivity contribution in [2.45, 2.75) is 6.92 Å². The van der Waals surface area contributed by atoms with Gasteiger partial charge in [-0.15, -0.1) is 0 Å². The van der Waals surface area contributed by atoms with Gasteiger partial charge >= 0.3 is 5.97 Å². The van der Waals surface area contributed by atoms with E-state index >= 15 is 0 Å². The van der Waals surface area contributed by atoms with Gasteiger partial charge in [-0.3, -0.25) is 0 Å². The molecule has 0 aliphatic carbocycles. The molecule has 0 unspecified atom stereocenters. The van der Waals surface area contributed by atoms with E-state index in [4.69, 9.17) is 26.7 Å². The second kappa shape index (κ2) is 5.64. The molecule has 0 bridgehead atoms. The molecule has 0 spiro atoms. The zero-order valence-electron chi connectivity index (χ0n) is 10.6. The lowest BCUT2D eigenvalue weighted by Crippen LogP contribution is -1.98. The molecule has 20 heavy (non-hydrogen) atoms. The van der Waals surface area contributed by atoms with E-state index in [1.807, 2.05) is 6.07 Å². The van der Waals surface area contributed by atoms with Gasteiger partial charge in [0.1, 0.15) is 23.1 Å². The Morgan fingerprint density at radius 3 is 2.70 bits per heavy atom. The van der Waals surface area contributed by atoms with E-state index in [9.17, 15) is 4.79 Å². The first kappa shape index (κ1) is 13.9. The van der Waals surface area contributed by atoms with E-state index in [1.54, 1.807) is 31.2 Å². The summed E-state index contributed by atoms with van der Waals surface area (Å²) in [4.78, 5) is 11.0. The van der Waals surface area contributed by atoms with Crippen LogP contribution in [0.5, 0.6) is 11.5 Å². The maximum absolute atomic E-state index is 11.0. The summed E-state index contributed by atoms with van der Waals surface area (Å²) in [5.74, 6) is -0.365. The zero-order valence-corrected chi connectivity index (χ0v) is 11.3. The van der Waals surface area contributed by atoms with Gasteiger partial charge in [0.15, 0.2) is 0 Å². The summed E-state index contributed by atoms with van der Waals surface area (Å²) >= 11 is 5.92. The predicted molar refractivity (Wildman–Crippen MR) is 74.4 cm³/mol. The molecule has 2 aromatic carbocycles. The summed E-state index contributed by atoms with van der Waals surface area (Å²) in [6, 6.07) is 11.4. The third kappa shape index (κ3) is 2.73. The van der Waals surface area contributed by atoms with Crippen LogP contribution >= 0.6 is 11.6 Å². The average Bonchev–Trinajstić information content (AvgIpc) is 2.41. The number of benzene rings is 2. The molecule has 0 radical (unpaired) electrons. The molecule has 0 saturated carbocycles. The molecule has 0 aliphatic rings. The molecule has 0 atom stereocenters. The Kier molecular flexibility index (Phi) is 3.92. The van der Waals surface area contributed by atoms with E-state index in [-0.39, 0.29) is 16.1 Å². The largest absolute Gasteiger partial charge is 0.478 e. The minimum absolute atomic E-state index is 0.117. The van der Waals surface area contributed by atoms with E-state index in [0.29, 0.717) is 11.5 Å². The predicted octanol–water partition coefficient (Wildman–Crippen LogP) is 4.01. The Bertz CT molecular complexity index is 720. The molecule has 100 valence electrons. The first-order chi connectivity index (χ1) is 9.52. The van der Waals surface area contributed by atoms with Crippen molar-refractivity contribution in [3.63, 3.8) is 0 Å². The Morgan fingerprint density at radius 1 is 1.30 bits per heavy atom. The normalized spacial score (nSPS) is 9.85. The molecule has 2 aromatic rings. The number of ether oxygens (including phenoxy) is 1. The molecule has 0 amide bonds. The van der Waals surface area contributed by atoms with Crippen LogP contribution in [0.4, 0.5) is 0 Å². The zero-order chi connectivity index (χ0) is 14.7. The van der Waals surface area contributed by atoms with Crippen LogP contribution in [0.15, 0.2) is 36.4 Å². The van der Waals surface area contributed by atoms with Gasteiger partial charge in [-0.1, -0.05) is 23.7 Å². The van der Waals surface area contributed by atoms with Gasteiger partial charge in [-0.2, -0.15) is 5.26 Å². The van der Waals surface area contributed by atoms with Gasteiger partial charge in [-0.25, -0.2) is 4.79 Å². The Morgan fingerprint density at radius 2 is 2.05 bits per heavy atom. The molecule has 0 saturated heterocycles. The van der Waals surface area contributed by atoms with Gasteiger partial charge < -0.3 is 9.84 Å². The third-order valence-electron chi connectivity index (χ3n) is 2.74. The van der Waals surface area contributed by atoms with E-state index in [0.717, 1.165) is 5.56 Å². The fraction of sp³-hybridized carbons (Fsp3) is 0.0667. The summed E-state index contributed by atoms with van der Waals surface area (Å²) in [5, 5.41) is 18.4. The van der Waals surface area contributed by atoms with Crippen LogP contribution in [0, 0.1) is 18.3 Å². The van der Waals surface area contributed by atoms with Crippen LogP contribution in [0.1, 0.15) is 21.5 Å². The molecule has 0 heterocycles. The fourth-order valence-electron chi connectivity index (χ4n) is 1.66. The number of aryl methyl sites for hydroxylation is 1. The number of carbonyl (C=O) groups is 1. The second-order valence-corrected chi connectivity index (χ2v) is 4.52. The highest BCUT2D eigenvalue weighted by atomic mass is 35.5.